The van der Waals surface area contributed by atoms with Crippen LogP contribution in [0.15, 0.2) is 24.3 Å². The molecular weight excluding hydrogens is 304 g/mol. The van der Waals surface area contributed by atoms with Crippen LogP contribution in [0, 0.1) is 0 Å². The summed E-state index contributed by atoms with van der Waals surface area (Å²) in [6.07, 6.45) is -0.0705. The Labute approximate surface area is 102 Å². The van der Waals surface area contributed by atoms with Crippen LogP contribution in [0.3, 0.4) is 0 Å². The van der Waals surface area contributed by atoms with Crippen LogP contribution in [0.25, 0.3) is 0 Å². The van der Waals surface area contributed by atoms with Gasteiger partial charge in [0.05, 0.1) is 0 Å². The lowest BCUT2D eigenvalue weighted by atomic mass is 10.1. The summed E-state index contributed by atoms with van der Waals surface area (Å²) >= 11 is 8.68. The fourth-order valence-corrected chi connectivity index (χ4v) is 2.21. The van der Waals surface area contributed by atoms with Crippen molar-refractivity contribution in [3.63, 3.8) is 0 Å². The molecule has 0 unspecified atom stereocenters. The summed E-state index contributed by atoms with van der Waals surface area (Å²) in [7, 11) is -3.34. The van der Waals surface area contributed by atoms with Gasteiger partial charge in [-0.05, 0) is 17.7 Å². The van der Waals surface area contributed by atoms with Crippen molar-refractivity contribution >= 4 is 37.4 Å². The van der Waals surface area contributed by atoms with Crippen LogP contribution in [0.5, 0.6) is 0 Å². The largest absolute Gasteiger partial charge is 0.386 e. The van der Waals surface area contributed by atoms with Crippen LogP contribution < -0.4 is 0 Å². The molecule has 0 bridgehead atoms. The predicted octanol–water partition coefficient (Wildman–Crippen LogP) is 2.14. The quantitative estimate of drug-likeness (QED) is 0.870. The van der Waals surface area contributed by atoms with Gasteiger partial charge in [-0.2, -0.15) is 0 Å². The fourth-order valence-electron chi connectivity index (χ4n) is 1.08. The van der Waals surface area contributed by atoms with Gasteiger partial charge in [0.1, 0.15) is 10.3 Å². The van der Waals surface area contributed by atoms with Gasteiger partial charge in [0.2, 0.25) is 0 Å². The Kier molecular flexibility index (Phi) is 4.17. The molecule has 0 spiro atoms. The maximum atomic E-state index is 11.2. The molecule has 1 rings (SSSR count). The number of alkyl halides is 1. The van der Waals surface area contributed by atoms with Crippen molar-refractivity contribution in [3.8, 4) is 0 Å². The Morgan fingerprint density at radius 3 is 2.53 bits per heavy atom. The average Bonchev–Trinajstić information content (AvgIpc) is 2.14. The van der Waals surface area contributed by atoms with E-state index in [1.165, 1.54) is 6.07 Å². The molecule has 0 saturated carbocycles. The lowest BCUT2D eigenvalue weighted by Gasteiger charge is -2.16. The predicted molar refractivity (Wildman–Crippen MR) is 64.0 cm³/mol. The maximum absolute atomic E-state index is 11.2. The van der Waals surface area contributed by atoms with Crippen LogP contribution in [0.4, 0.5) is 0 Å². The Balaban J connectivity index is 3.00. The highest BCUT2D eigenvalue weighted by Crippen LogP contribution is 2.27. The van der Waals surface area contributed by atoms with Crippen LogP contribution in [0.2, 0.25) is 5.02 Å². The third kappa shape index (κ3) is 3.45. The zero-order valence-corrected chi connectivity index (χ0v) is 11.1. The summed E-state index contributed by atoms with van der Waals surface area (Å²) in [5.41, 5.74) is 0.467. The molecule has 0 heterocycles. The highest BCUT2D eigenvalue weighted by atomic mass is 79.9. The fraction of sp³-hybridized carbons (Fsp3) is 0.333. The van der Waals surface area contributed by atoms with Gasteiger partial charge in [0.15, 0.2) is 9.84 Å². The topological polar surface area (TPSA) is 54.4 Å². The summed E-state index contributed by atoms with van der Waals surface area (Å²) in [5.74, 6) is 0. The van der Waals surface area contributed by atoms with E-state index in [2.05, 4.69) is 15.9 Å². The molecule has 0 fully saturated rings. The highest BCUT2D eigenvalue weighted by molar-refractivity contribution is 9.11. The van der Waals surface area contributed by atoms with Crippen LogP contribution in [-0.4, -0.2) is 23.9 Å². The third-order valence-corrected chi connectivity index (χ3v) is 5.70. The van der Waals surface area contributed by atoms with Crippen molar-refractivity contribution in [2.75, 3.05) is 6.26 Å². The van der Waals surface area contributed by atoms with Crippen molar-refractivity contribution in [1.29, 1.82) is 0 Å². The van der Waals surface area contributed by atoms with Gasteiger partial charge in [-0.3, -0.25) is 0 Å². The van der Waals surface area contributed by atoms with Gasteiger partial charge >= 0.3 is 0 Å². The minimum Gasteiger partial charge on any atom is -0.386 e. The number of rotatable bonds is 3. The number of hydrogen-bond donors (Lipinski definition) is 1. The Morgan fingerprint density at radius 1 is 1.47 bits per heavy atom. The maximum Gasteiger partial charge on any atom is 0.163 e. The number of aliphatic hydroxyl groups is 1. The van der Waals surface area contributed by atoms with Crippen molar-refractivity contribution in [2.24, 2.45) is 0 Å². The third-order valence-electron chi connectivity index (χ3n) is 1.85. The average molecular weight is 314 g/mol. The van der Waals surface area contributed by atoms with Crippen LogP contribution in [0.1, 0.15) is 11.7 Å². The number of sulfone groups is 1. The standard InChI is InChI=1S/C9H10BrClO3S/c1-15(13,14)9(10)8(12)6-3-2-4-7(11)5-6/h2-5,8-9,12H,1H3/t8-,9+/m1/s1. The van der Waals surface area contributed by atoms with Crippen molar-refractivity contribution in [1.82, 2.24) is 0 Å². The Bertz CT molecular complexity index is 446. The SMILES string of the molecule is CS(=O)(=O)[C@H](Br)[C@H](O)c1cccc(Cl)c1. The molecule has 2 atom stereocenters. The van der Waals surface area contributed by atoms with Crippen LogP contribution >= 0.6 is 27.5 Å². The summed E-state index contributed by atoms with van der Waals surface area (Å²) in [6, 6.07) is 6.46. The second-order valence-corrected chi connectivity index (χ2v) is 7.38. The van der Waals surface area contributed by atoms with Gasteiger partial charge in [0.25, 0.3) is 0 Å². The molecule has 1 N–H and O–H groups in total. The number of hydrogen-bond acceptors (Lipinski definition) is 3. The molecule has 0 amide bonds. The van der Waals surface area contributed by atoms with Gasteiger partial charge in [-0.25, -0.2) is 8.42 Å². The summed E-state index contributed by atoms with van der Waals surface area (Å²) in [6.45, 7) is 0. The first-order valence-electron chi connectivity index (χ1n) is 4.09. The van der Waals surface area contributed by atoms with E-state index in [0.29, 0.717) is 10.6 Å². The summed E-state index contributed by atoms with van der Waals surface area (Å²) < 4.78 is 21.4. The molecular formula is C9H10BrClO3S. The zero-order chi connectivity index (χ0) is 11.6. The van der Waals surface area contributed by atoms with E-state index in [9.17, 15) is 13.5 Å². The van der Waals surface area contributed by atoms with Crippen molar-refractivity contribution in [3.05, 3.63) is 34.9 Å². The summed E-state index contributed by atoms with van der Waals surface area (Å²) in [5, 5.41) is 10.2. The molecule has 0 aliphatic heterocycles. The van der Waals surface area contributed by atoms with E-state index in [-0.39, 0.29) is 0 Å². The molecule has 0 saturated heterocycles. The molecule has 0 aliphatic rings. The molecule has 15 heavy (non-hydrogen) atoms. The number of aliphatic hydroxyl groups excluding tert-OH is 1. The molecule has 0 aromatic heterocycles. The van der Waals surface area contributed by atoms with Crippen molar-refractivity contribution < 1.29 is 13.5 Å². The molecule has 3 nitrogen and oxygen atoms in total. The van der Waals surface area contributed by atoms with E-state index in [1.807, 2.05) is 0 Å². The molecule has 0 radical (unpaired) electrons. The first kappa shape index (κ1) is 13.0. The Morgan fingerprint density at radius 2 is 2.07 bits per heavy atom. The molecule has 0 aliphatic carbocycles. The number of benzene rings is 1. The monoisotopic (exact) mass is 312 g/mol. The lowest BCUT2D eigenvalue weighted by molar-refractivity contribution is 0.195. The highest BCUT2D eigenvalue weighted by Gasteiger charge is 2.27. The van der Waals surface area contributed by atoms with E-state index < -0.39 is 20.1 Å². The first-order chi connectivity index (χ1) is 6.82. The number of halogens is 2. The summed E-state index contributed by atoms with van der Waals surface area (Å²) in [4.78, 5) is 0. The molecule has 1 aromatic carbocycles. The minimum absolute atomic E-state index is 0.458. The lowest BCUT2D eigenvalue weighted by Crippen LogP contribution is -2.21. The van der Waals surface area contributed by atoms with Gasteiger partial charge < -0.3 is 5.11 Å². The first-order valence-corrected chi connectivity index (χ1v) is 7.33. The molecule has 1 aromatic rings. The smallest absolute Gasteiger partial charge is 0.163 e. The zero-order valence-electron chi connectivity index (χ0n) is 7.89. The van der Waals surface area contributed by atoms with Crippen LogP contribution in [-0.2, 0) is 9.84 Å². The van der Waals surface area contributed by atoms with E-state index >= 15 is 0 Å². The van der Waals surface area contributed by atoms with E-state index in [4.69, 9.17) is 11.6 Å². The normalized spacial score (nSPS) is 16.0. The van der Waals surface area contributed by atoms with E-state index in [1.54, 1.807) is 18.2 Å². The van der Waals surface area contributed by atoms with Gasteiger partial charge in [0, 0.05) is 11.3 Å². The van der Waals surface area contributed by atoms with Gasteiger partial charge in [-0.1, -0.05) is 39.7 Å². The van der Waals surface area contributed by atoms with Gasteiger partial charge in [-0.15, -0.1) is 0 Å². The second-order valence-electron chi connectivity index (χ2n) is 3.18. The Hall–Kier alpha value is -0.100. The van der Waals surface area contributed by atoms with E-state index in [0.717, 1.165) is 6.26 Å². The second kappa shape index (κ2) is 4.82. The minimum atomic E-state index is -3.34. The molecule has 6 heteroatoms. The van der Waals surface area contributed by atoms with Crippen molar-refractivity contribution in [2.45, 2.75) is 10.3 Å². The molecule has 84 valence electrons.